The molecule has 4 nitrogen and oxygen atoms in total. The van der Waals surface area contributed by atoms with Crippen LogP contribution < -0.4 is 10.1 Å². The summed E-state index contributed by atoms with van der Waals surface area (Å²) in [6.07, 6.45) is 0. The Morgan fingerprint density at radius 1 is 1.45 bits per heavy atom. The zero-order valence-electron chi connectivity index (χ0n) is 11.2. The topological polar surface area (TPSA) is 51.2 Å². The fourth-order valence-electron chi connectivity index (χ4n) is 1.52. The van der Waals surface area contributed by atoms with Crippen LogP contribution >= 0.6 is 22.9 Å². The molecule has 2 aromatic rings. The van der Waals surface area contributed by atoms with Gasteiger partial charge < -0.3 is 10.1 Å². The highest BCUT2D eigenvalue weighted by atomic mass is 35.5. The number of thiazole rings is 1. The molecule has 6 heteroatoms. The second kappa shape index (κ2) is 6.72. The number of rotatable bonds is 5. The summed E-state index contributed by atoms with van der Waals surface area (Å²) in [6, 6.07) is 7.34. The van der Waals surface area contributed by atoms with Crippen molar-refractivity contribution >= 4 is 28.8 Å². The average molecular weight is 311 g/mol. The Hall–Kier alpha value is -1.59. The first-order chi connectivity index (χ1) is 9.56. The van der Waals surface area contributed by atoms with Crippen molar-refractivity contribution in [2.24, 2.45) is 0 Å². The highest BCUT2D eigenvalue weighted by Gasteiger charge is 2.12. The van der Waals surface area contributed by atoms with E-state index in [2.05, 4.69) is 10.3 Å². The maximum Gasteiger partial charge on any atom is 0.270 e. The van der Waals surface area contributed by atoms with Crippen LogP contribution in [0.3, 0.4) is 0 Å². The highest BCUT2D eigenvalue weighted by molar-refractivity contribution is 7.09. The van der Waals surface area contributed by atoms with Gasteiger partial charge in [0.15, 0.2) is 0 Å². The van der Waals surface area contributed by atoms with E-state index in [9.17, 15) is 4.79 Å². The van der Waals surface area contributed by atoms with Gasteiger partial charge in [0.25, 0.3) is 5.91 Å². The largest absolute Gasteiger partial charge is 0.485 e. The minimum Gasteiger partial charge on any atom is -0.485 e. The second-order valence-corrected chi connectivity index (χ2v) is 5.82. The minimum atomic E-state index is -0.166. The highest BCUT2D eigenvalue weighted by Crippen LogP contribution is 2.24. The molecule has 0 atom stereocenters. The van der Waals surface area contributed by atoms with Gasteiger partial charge in [-0.25, -0.2) is 4.98 Å². The molecule has 0 saturated heterocycles. The van der Waals surface area contributed by atoms with E-state index in [0.717, 1.165) is 5.01 Å². The van der Waals surface area contributed by atoms with Crippen LogP contribution in [0.25, 0.3) is 0 Å². The number of amides is 1. The number of aromatic nitrogens is 1. The van der Waals surface area contributed by atoms with Crippen LogP contribution in [0.2, 0.25) is 5.02 Å². The van der Waals surface area contributed by atoms with Crippen molar-refractivity contribution < 1.29 is 9.53 Å². The molecule has 0 aliphatic rings. The van der Waals surface area contributed by atoms with E-state index in [0.29, 0.717) is 23.1 Å². The number of hydrogen-bond acceptors (Lipinski definition) is 4. The van der Waals surface area contributed by atoms with Crippen molar-refractivity contribution in [1.29, 1.82) is 0 Å². The van der Waals surface area contributed by atoms with Crippen LogP contribution in [0, 0.1) is 0 Å². The molecule has 2 rings (SSSR count). The van der Waals surface area contributed by atoms with E-state index in [1.54, 1.807) is 17.5 Å². The van der Waals surface area contributed by atoms with Gasteiger partial charge in [-0.1, -0.05) is 23.7 Å². The maximum atomic E-state index is 11.8. The number of nitrogens with zero attached hydrogens (tertiary/aromatic N) is 1. The van der Waals surface area contributed by atoms with Gasteiger partial charge in [-0.2, -0.15) is 0 Å². The van der Waals surface area contributed by atoms with Crippen molar-refractivity contribution in [2.75, 3.05) is 0 Å². The van der Waals surface area contributed by atoms with E-state index < -0.39 is 0 Å². The number of halogens is 1. The van der Waals surface area contributed by atoms with Crippen LogP contribution in [0.4, 0.5) is 0 Å². The molecule has 0 bridgehead atoms. The summed E-state index contributed by atoms with van der Waals surface area (Å²) in [5, 5.41) is 5.82. The number of carbonyl (C=O) groups excluding carboxylic acids is 1. The van der Waals surface area contributed by atoms with Crippen molar-refractivity contribution in [3.8, 4) is 5.75 Å². The molecule has 0 fully saturated rings. The van der Waals surface area contributed by atoms with Crippen LogP contribution in [0.15, 0.2) is 29.6 Å². The molecule has 0 unspecified atom stereocenters. The monoisotopic (exact) mass is 310 g/mol. The molecular weight excluding hydrogens is 296 g/mol. The number of benzene rings is 1. The van der Waals surface area contributed by atoms with Gasteiger partial charge in [-0.05, 0) is 26.0 Å². The summed E-state index contributed by atoms with van der Waals surface area (Å²) in [7, 11) is 0. The molecule has 0 aliphatic carbocycles. The molecule has 1 aromatic heterocycles. The zero-order chi connectivity index (χ0) is 14.5. The Morgan fingerprint density at radius 2 is 2.20 bits per heavy atom. The molecule has 0 spiro atoms. The van der Waals surface area contributed by atoms with Gasteiger partial charge in [-0.3, -0.25) is 4.79 Å². The average Bonchev–Trinajstić information content (AvgIpc) is 2.86. The van der Waals surface area contributed by atoms with Crippen molar-refractivity contribution in [3.05, 3.63) is 45.4 Å². The van der Waals surface area contributed by atoms with E-state index in [1.807, 2.05) is 26.0 Å². The molecular formula is C14H15ClN2O2S. The Morgan fingerprint density at radius 3 is 2.90 bits per heavy atom. The number of ether oxygens (including phenoxy) is 1. The predicted octanol–water partition coefficient (Wildman–Crippen LogP) is 3.51. The van der Waals surface area contributed by atoms with Crippen LogP contribution in [-0.2, 0) is 6.61 Å². The zero-order valence-corrected chi connectivity index (χ0v) is 12.8. The van der Waals surface area contributed by atoms with E-state index in [4.69, 9.17) is 16.3 Å². The molecule has 1 amide bonds. The SMILES string of the molecule is CC(C)NC(=O)c1csc(COc2ccccc2Cl)n1. The first-order valence-corrected chi connectivity index (χ1v) is 7.44. The van der Waals surface area contributed by atoms with Gasteiger partial charge in [0.05, 0.1) is 5.02 Å². The molecule has 0 saturated carbocycles. The Kier molecular flexibility index (Phi) is 4.98. The lowest BCUT2D eigenvalue weighted by atomic mass is 10.3. The predicted molar refractivity (Wildman–Crippen MR) is 80.5 cm³/mol. The molecule has 1 heterocycles. The summed E-state index contributed by atoms with van der Waals surface area (Å²) >= 11 is 7.39. The first kappa shape index (κ1) is 14.8. The van der Waals surface area contributed by atoms with Gasteiger partial charge in [0.1, 0.15) is 23.1 Å². The number of nitrogens with one attached hydrogen (secondary N) is 1. The Labute approximate surface area is 126 Å². The fraction of sp³-hybridized carbons (Fsp3) is 0.286. The number of para-hydroxylation sites is 1. The maximum absolute atomic E-state index is 11.8. The van der Waals surface area contributed by atoms with Crippen LogP contribution in [0.1, 0.15) is 29.3 Å². The molecule has 0 radical (unpaired) electrons. The van der Waals surface area contributed by atoms with Crippen molar-refractivity contribution in [1.82, 2.24) is 10.3 Å². The molecule has 1 aromatic carbocycles. The number of carbonyl (C=O) groups is 1. The third-order valence-electron chi connectivity index (χ3n) is 2.39. The second-order valence-electron chi connectivity index (χ2n) is 4.47. The van der Waals surface area contributed by atoms with E-state index >= 15 is 0 Å². The van der Waals surface area contributed by atoms with Gasteiger partial charge >= 0.3 is 0 Å². The summed E-state index contributed by atoms with van der Waals surface area (Å²) in [6.45, 7) is 4.11. The lowest BCUT2D eigenvalue weighted by Gasteiger charge is -2.06. The third-order valence-corrected chi connectivity index (χ3v) is 3.53. The fourth-order valence-corrected chi connectivity index (χ4v) is 2.39. The number of hydrogen-bond donors (Lipinski definition) is 1. The molecule has 0 aliphatic heterocycles. The van der Waals surface area contributed by atoms with Crippen LogP contribution in [-0.4, -0.2) is 16.9 Å². The van der Waals surface area contributed by atoms with Gasteiger partial charge in [0, 0.05) is 11.4 Å². The van der Waals surface area contributed by atoms with Crippen molar-refractivity contribution in [2.45, 2.75) is 26.5 Å². The van der Waals surface area contributed by atoms with Crippen molar-refractivity contribution in [3.63, 3.8) is 0 Å². The van der Waals surface area contributed by atoms with E-state index in [1.165, 1.54) is 11.3 Å². The normalized spacial score (nSPS) is 10.6. The Bertz CT molecular complexity index is 598. The smallest absolute Gasteiger partial charge is 0.270 e. The minimum absolute atomic E-state index is 0.0898. The summed E-state index contributed by atoms with van der Waals surface area (Å²) in [5.41, 5.74) is 0.418. The Balaban J connectivity index is 1.96. The quantitative estimate of drug-likeness (QED) is 0.919. The van der Waals surface area contributed by atoms with Gasteiger partial charge in [0.2, 0.25) is 0 Å². The lowest BCUT2D eigenvalue weighted by molar-refractivity contribution is 0.0938. The first-order valence-electron chi connectivity index (χ1n) is 6.19. The third kappa shape index (κ3) is 3.95. The van der Waals surface area contributed by atoms with Crippen LogP contribution in [0.5, 0.6) is 5.75 Å². The summed E-state index contributed by atoms with van der Waals surface area (Å²) in [5.74, 6) is 0.442. The molecule has 106 valence electrons. The summed E-state index contributed by atoms with van der Waals surface area (Å²) < 4.78 is 5.58. The standard InChI is InChI=1S/C14H15ClN2O2S/c1-9(2)16-14(18)11-8-20-13(17-11)7-19-12-6-4-3-5-10(12)15/h3-6,8-9H,7H2,1-2H3,(H,16,18). The molecule has 20 heavy (non-hydrogen) atoms. The summed E-state index contributed by atoms with van der Waals surface area (Å²) in [4.78, 5) is 16.0. The van der Waals surface area contributed by atoms with Gasteiger partial charge in [-0.15, -0.1) is 11.3 Å². The molecule has 1 N–H and O–H groups in total. The lowest BCUT2D eigenvalue weighted by Crippen LogP contribution is -2.30. The van der Waals surface area contributed by atoms with E-state index in [-0.39, 0.29) is 11.9 Å².